The number of nitrogens with one attached hydrogen (secondary N) is 2. The first-order chi connectivity index (χ1) is 15.6. The fraction of sp³-hybridized carbons (Fsp3) is 0.263. The zero-order chi connectivity index (χ0) is 22.1. The Morgan fingerprint density at radius 2 is 1.84 bits per heavy atom. The summed E-state index contributed by atoms with van der Waals surface area (Å²) in [7, 11) is 0. The Morgan fingerprint density at radius 1 is 1.06 bits per heavy atom. The summed E-state index contributed by atoms with van der Waals surface area (Å²) in [6.07, 6.45) is 7.72. The summed E-state index contributed by atoms with van der Waals surface area (Å²) in [6, 6.07) is 2.78. The van der Waals surface area contributed by atoms with Crippen LogP contribution in [0.1, 0.15) is 24.5 Å². The van der Waals surface area contributed by atoms with Gasteiger partial charge in [-0.1, -0.05) is 23.2 Å². The van der Waals surface area contributed by atoms with Crippen LogP contribution in [0, 0.1) is 0 Å². The van der Waals surface area contributed by atoms with Crippen molar-refractivity contribution in [3.63, 3.8) is 0 Å². The number of nitrogens with zero attached hydrogens (tertiary/aromatic N) is 7. The van der Waals surface area contributed by atoms with Crippen LogP contribution in [-0.4, -0.2) is 53.8 Å². The van der Waals surface area contributed by atoms with E-state index in [1.54, 1.807) is 22.8 Å². The summed E-state index contributed by atoms with van der Waals surface area (Å²) in [5, 5.41) is 18.6. The normalized spacial score (nSPS) is 14.6. The van der Waals surface area contributed by atoms with E-state index in [0.29, 0.717) is 41.2 Å². The third kappa shape index (κ3) is 4.09. The molecule has 13 heteroatoms. The average Bonchev–Trinajstić information content (AvgIpc) is 3.43. The van der Waals surface area contributed by atoms with Crippen LogP contribution in [-0.2, 0) is 4.74 Å². The lowest BCUT2D eigenvalue weighted by Crippen LogP contribution is -2.24. The highest BCUT2D eigenvalue weighted by Crippen LogP contribution is 2.33. The van der Waals surface area contributed by atoms with Gasteiger partial charge in [0.25, 0.3) is 0 Å². The molecule has 0 radical (unpaired) electrons. The molecule has 164 valence electrons. The molecule has 11 nitrogen and oxygen atoms in total. The number of carbonyl (C=O) groups excluding carboxylic acids is 1. The second-order valence-electron chi connectivity index (χ2n) is 7.11. The molecule has 4 aromatic rings. The minimum atomic E-state index is -0.472. The third-order valence-corrected chi connectivity index (χ3v) is 5.50. The van der Waals surface area contributed by atoms with Gasteiger partial charge in [0, 0.05) is 25.2 Å². The molecule has 0 spiro atoms. The second-order valence-corrected chi connectivity index (χ2v) is 7.90. The first-order valence-corrected chi connectivity index (χ1v) is 10.6. The molecule has 4 aromatic heterocycles. The van der Waals surface area contributed by atoms with Crippen molar-refractivity contribution in [1.29, 1.82) is 0 Å². The van der Waals surface area contributed by atoms with Crippen molar-refractivity contribution >= 4 is 46.3 Å². The maximum absolute atomic E-state index is 12.8. The standard InChI is InChI=1S/C19H17Cl2N9O2/c20-13-7-12(9-23-18(13)30-24-3-4-25-30)26-19(31)27-14-10-22-16-8-15(21)28-29(16)17(14)11-1-5-32-6-2-11/h3-4,7-11H,1-2,5-6H2,(H2,26,27,31). The fourth-order valence-corrected chi connectivity index (χ4v) is 4.05. The van der Waals surface area contributed by atoms with Crippen molar-refractivity contribution in [3.05, 3.63) is 52.8 Å². The van der Waals surface area contributed by atoms with Gasteiger partial charge in [-0.15, -0.1) is 4.80 Å². The molecule has 1 aliphatic rings. The summed E-state index contributed by atoms with van der Waals surface area (Å²) in [4.78, 5) is 22.6. The predicted molar refractivity (Wildman–Crippen MR) is 118 cm³/mol. The van der Waals surface area contributed by atoms with Gasteiger partial charge in [0.1, 0.15) is 0 Å². The van der Waals surface area contributed by atoms with Crippen LogP contribution in [0.15, 0.2) is 36.9 Å². The van der Waals surface area contributed by atoms with Crippen LogP contribution in [0.25, 0.3) is 11.5 Å². The van der Waals surface area contributed by atoms with Gasteiger partial charge >= 0.3 is 6.03 Å². The van der Waals surface area contributed by atoms with E-state index in [2.05, 4.69) is 35.9 Å². The van der Waals surface area contributed by atoms with Crippen LogP contribution in [0.5, 0.6) is 0 Å². The monoisotopic (exact) mass is 473 g/mol. The molecule has 0 aromatic carbocycles. The van der Waals surface area contributed by atoms with Crippen LogP contribution < -0.4 is 10.6 Å². The number of hydrogen-bond donors (Lipinski definition) is 2. The Bertz CT molecular complexity index is 1270. The van der Waals surface area contributed by atoms with E-state index in [0.717, 1.165) is 18.5 Å². The van der Waals surface area contributed by atoms with Crippen molar-refractivity contribution in [2.24, 2.45) is 0 Å². The Hall–Kier alpha value is -3.28. The highest BCUT2D eigenvalue weighted by atomic mass is 35.5. The number of pyridine rings is 1. The highest BCUT2D eigenvalue weighted by Gasteiger charge is 2.24. The topological polar surface area (TPSA) is 124 Å². The number of rotatable bonds is 4. The number of anilines is 2. The fourth-order valence-electron chi connectivity index (χ4n) is 3.64. The molecule has 32 heavy (non-hydrogen) atoms. The number of aromatic nitrogens is 7. The van der Waals surface area contributed by atoms with Gasteiger partial charge in [-0.2, -0.15) is 15.3 Å². The van der Waals surface area contributed by atoms with Gasteiger partial charge in [-0.3, -0.25) is 0 Å². The minimum absolute atomic E-state index is 0.137. The zero-order valence-corrected chi connectivity index (χ0v) is 18.1. The molecule has 0 bridgehead atoms. The Morgan fingerprint density at radius 3 is 2.59 bits per heavy atom. The number of hydrogen-bond acceptors (Lipinski definition) is 7. The van der Waals surface area contributed by atoms with Crippen LogP contribution in [0.2, 0.25) is 10.2 Å². The lowest BCUT2D eigenvalue weighted by atomic mass is 9.95. The average molecular weight is 474 g/mol. The lowest BCUT2D eigenvalue weighted by molar-refractivity contribution is 0.0842. The van der Waals surface area contributed by atoms with Gasteiger partial charge in [-0.05, 0) is 18.9 Å². The number of carbonyl (C=O) groups is 1. The molecular formula is C19H17Cl2N9O2. The number of halogens is 2. The van der Waals surface area contributed by atoms with E-state index in [-0.39, 0.29) is 10.9 Å². The van der Waals surface area contributed by atoms with E-state index < -0.39 is 6.03 Å². The van der Waals surface area contributed by atoms with E-state index in [9.17, 15) is 4.79 Å². The SMILES string of the molecule is O=C(Nc1cnc(-n2nccn2)c(Cl)c1)Nc1cnc2cc(Cl)nn2c1C1CCOCC1. The van der Waals surface area contributed by atoms with Crippen molar-refractivity contribution in [3.8, 4) is 5.82 Å². The van der Waals surface area contributed by atoms with Crippen LogP contribution in [0.4, 0.5) is 16.2 Å². The van der Waals surface area contributed by atoms with Crippen molar-refractivity contribution in [2.45, 2.75) is 18.8 Å². The summed E-state index contributed by atoms with van der Waals surface area (Å²) in [5.41, 5.74) is 2.39. The predicted octanol–water partition coefficient (Wildman–Crippen LogP) is 3.55. The van der Waals surface area contributed by atoms with Gasteiger partial charge in [0.05, 0.1) is 46.9 Å². The molecule has 1 fully saturated rings. The molecule has 2 N–H and O–H groups in total. The lowest BCUT2D eigenvalue weighted by Gasteiger charge is -2.25. The largest absolute Gasteiger partial charge is 0.381 e. The van der Waals surface area contributed by atoms with E-state index in [1.807, 2.05) is 0 Å². The number of urea groups is 1. The molecule has 0 unspecified atom stereocenters. The minimum Gasteiger partial charge on any atom is -0.381 e. The molecule has 2 amide bonds. The number of fused-ring (bicyclic) bond motifs is 1. The van der Waals surface area contributed by atoms with Crippen molar-refractivity contribution in [2.75, 3.05) is 23.8 Å². The van der Waals surface area contributed by atoms with E-state index >= 15 is 0 Å². The third-order valence-electron chi connectivity index (χ3n) is 5.03. The van der Waals surface area contributed by atoms with E-state index in [4.69, 9.17) is 27.9 Å². The zero-order valence-electron chi connectivity index (χ0n) is 16.6. The Labute approximate surface area is 191 Å². The van der Waals surface area contributed by atoms with Gasteiger partial charge in [-0.25, -0.2) is 19.3 Å². The Kier molecular flexibility index (Phi) is 5.60. The maximum Gasteiger partial charge on any atom is 0.323 e. The number of amides is 2. The summed E-state index contributed by atoms with van der Waals surface area (Å²) in [6.45, 7) is 1.27. The smallest absolute Gasteiger partial charge is 0.323 e. The second kappa shape index (κ2) is 8.69. The highest BCUT2D eigenvalue weighted by molar-refractivity contribution is 6.32. The van der Waals surface area contributed by atoms with Gasteiger partial charge in [0.15, 0.2) is 16.6 Å². The van der Waals surface area contributed by atoms with Crippen molar-refractivity contribution in [1.82, 2.24) is 34.6 Å². The molecule has 0 saturated carbocycles. The van der Waals surface area contributed by atoms with E-state index in [1.165, 1.54) is 23.4 Å². The Balaban J connectivity index is 1.39. The molecule has 0 atom stereocenters. The van der Waals surface area contributed by atoms with Gasteiger partial charge in [0.2, 0.25) is 0 Å². The first kappa shape index (κ1) is 20.6. The molecule has 1 saturated heterocycles. The maximum atomic E-state index is 12.8. The quantitative estimate of drug-likeness (QED) is 0.464. The number of ether oxygens (including phenoxy) is 1. The van der Waals surface area contributed by atoms with Crippen LogP contribution >= 0.6 is 23.2 Å². The molecule has 1 aliphatic heterocycles. The summed E-state index contributed by atoms with van der Waals surface area (Å²) < 4.78 is 7.16. The molecule has 5 rings (SSSR count). The summed E-state index contributed by atoms with van der Waals surface area (Å²) >= 11 is 12.4. The van der Waals surface area contributed by atoms with Crippen molar-refractivity contribution < 1.29 is 9.53 Å². The molecule has 5 heterocycles. The van der Waals surface area contributed by atoms with Gasteiger partial charge < -0.3 is 15.4 Å². The summed E-state index contributed by atoms with van der Waals surface area (Å²) in [5.74, 6) is 0.493. The molecule has 0 aliphatic carbocycles. The van der Waals surface area contributed by atoms with Crippen LogP contribution in [0.3, 0.4) is 0 Å². The molecular weight excluding hydrogens is 457 g/mol. The first-order valence-electron chi connectivity index (χ1n) is 9.80.